The lowest BCUT2D eigenvalue weighted by atomic mass is 9.94. The second-order valence-corrected chi connectivity index (χ2v) is 6.23. The molecule has 1 aliphatic carbocycles. The van der Waals surface area contributed by atoms with Gasteiger partial charge in [0.25, 0.3) is 0 Å². The molecule has 1 aromatic carbocycles. The molecule has 0 saturated heterocycles. The average molecular weight is 345 g/mol. The van der Waals surface area contributed by atoms with Crippen molar-refractivity contribution in [2.45, 2.75) is 32.7 Å². The van der Waals surface area contributed by atoms with Crippen LogP contribution in [-0.2, 0) is 6.42 Å². The lowest BCUT2D eigenvalue weighted by Crippen LogP contribution is -2.17. The predicted octanol–water partition coefficient (Wildman–Crippen LogP) is 6.08. The molecular weight excluding hydrogens is 316 g/mol. The minimum atomic E-state index is 0.259. The van der Waals surface area contributed by atoms with E-state index in [2.05, 4.69) is 67.3 Å². The first-order chi connectivity index (χ1) is 12.6. The number of benzene rings is 1. The molecule has 134 valence electrons. The van der Waals surface area contributed by atoms with Crippen LogP contribution >= 0.6 is 0 Å². The van der Waals surface area contributed by atoms with Gasteiger partial charge >= 0.3 is 0 Å². The van der Waals surface area contributed by atoms with E-state index in [1.54, 1.807) is 12.3 Å². The fourth-order valence-corrected chi connectivity index (χ4v) is 3.28. The van der Waals surface area contributed by atoms with Crippen molar-refractivity contribution < 1.29 is 0 Å². The van der Waals surface area contributed by atoms with Gasteiger partial charge in [0.15, 0.2) is 0 Å². The van der Waals surface area contributed by atoms with Crippen LogP contribution in [-0.4, -0.2) is 6.21 Å². The second kappa shape index (κ2) is 9.57. The van der Waals surface area contributed by atoms with Crippen LogP contribution in [0.1, 0.15) is 43.0 Å². The van der Waals surface area contributed by atoms with Gasteiger partial charge < -0.3 is 5.32 Å². The molecule has 0 amide bonds. The minimum Gasteiger partial charge on any atom is -0.363 e. The average Bonchev–Trinajstić information content (AvgIpc) is 3.04. The van der Waals surface area contributed by atoms with E-state index in [-0.39, 0.29) is 6.04 Å². The summed E-state index contributed by atoms with van der Waals surface area (Å²) in [6, 6.07) is 6.78. The number of rotatable bonds is 8. The highest BCUT2D eigenvalue weighted by Crippen LogP contribution is 2.37. The number of hydrogen-bond acceptors (Lipinski definition) is 2. The quantitative estimate of drug-likeness (QED) is 0.448. The van der Waals surface area contributed by atoms with Crippen LogP contribution < -0.4 is 5.32 Å². The topological polar surface area (TPSA) is 24.4 Å². The van der Waals surface area contributed by atoms with E-state index in [0.29, 0.717) is 0 Å². The lowest BCUT2D eigenvalue weighted by Gasteiger charge is -2.17. The third-order valence-corrected chi connectivity index (χ3v) is 4.45. The molecule has 0 radical (unpaired) electrons. The molecule has 1 N–H and O–H groups in total. The zero-order chi connectivity index (χ0) is 18.9. The van der Waals surface area contributed by atoms with Crippen molar-refractivity contribution in [2.24, 2.45) is 4.99 Å². The molecule has 26 heavy (non-hydrogen) atoms. The summed E-state index contributed by atoms with van der Waals surface area (Å²) in [5.74, 6) is 0.843. The van der Waals surface area contributed by atoms with Crippen molar-refractivity contribution in [1.29, 1.82) is 0 Å². The summed E-state index contributed by atoms with van der Waals surface area (Å²) in [7, 11) is 0. The largest absolute Gasteiger partial charge is 0.363 e. The zero-order valence-electron chi connectivity index (χ0n) is 15.8. The van der Waals surface area contributed by atoms with Crippen LogP contribution in [0, 0.1) is 0 Å². The molecule has 0 bridgehead atoms. The Bertz CT molecular complexity index is 803. The van der Waals surface area contributed by atoms with Gasteiger partial charge in [0.05, 0.1) is 6.04 Å². The minimum absolute atomic E-state index is 0.259. The monoisotopic (exact) mass is 344 g/mol. The molecular formula is C24H28N2. The molecule has 1 aromatic rings. The van der Waals surface area contributed by atoms with Crippen LogP contribution in [0.5, 0.6) is 0 Å². The Morgan fingerprint density at radius 3 is 2.62 bits per heavy atom. The number of nitrogens with zero attached hydrogens (tertiary/aromatic N) is 1. The summed E-state index contributed by atoms with van der Waals surface area (Å²) in [6.07, 6.45) is 15.5. The van der Waals surface area contributed by atoms with Gasteiger partial charge in [0, 0.05) is 6.21 Å². The van der Waals surface area contributed by atoms with E-state index < -0.39 is 0 Å². The summed E-state index contributed by atoms with van der Waals surface area (Å²) in [5.41, 5.74) is 6.30. The highest BCUT2D eigenvalue weighted by atomic mass is 15.1. The van der Waals surface area contributed by atoms with E-state index in [1.807, 2.05) is 25.2 Å². The van der Waals surface area contributed by atoms with Crippen molar-refractivity contribution in [2.75, 3.05) is 0 Å². The van der Waals surface area contributed by atoms with E-state index in [4.69, 9.17) is 0 Å². The van der Waals surface area contributed by atoms with Gasteiger partial charge in [-0.25, -0.2) is 4.99 Å². The first-order valence-corrected chi connectivity index (χ1v) is 8.98. The maximum Gasteiger partial charge on any atom is 0.125 e. The number of nitrogens with one attached hydrogen (secondary N) is 1. The zero-order valence-corrected chi connectivity index (χ0v) is 15.8. The maximum atomic E-state index is 4.40. The first kappa shape index (κ1) is 19.5. The summed E-state index contributed by atoms with van der Waals surface area (Å²) in [6.45, 7) is 15.5. The van der Waals surface area contributed by atoms with E-state index in [9.17, 15) is 0 Å². The van der Waals surface area contributed by atoms with Crippen LogP contribution in [0.15, 0.2) is 90.8 Å². The van der Waals surface area contributed by atoms with Crippen molar-refractivity contribution in [1.82, 2.24) is 5.32 Å². The number of hydrogen-bond donors (Lipinski definition) is 1. The molecule has 0 heterocycles. The number of allylic oxidation sites excluding steroid dienone is 8. The fraction of sp³-hybridized carbons (Fsp3) is 0.208. The van der Waals surface area contributed by atoms with Crippen LogP contribution in [0.25, 0.3) is 5.57 Å². The van der Waals surface area contributed by atoms with Gasteiger partial charge in [-0.2, -0.15) is 0 Å². The third-order valence-electron chi connectivity index (χ3n) is 4.45. The molecule has 0 aromatic heterocycles. The van der Waals surface area contributed by atoms with Crippen molar-refractivity contribution in [3.63, 3.8) is 0 Å². The van der Waals surface area contributed by atoms with E-state index >= 15 is 0 Å². The molecule has 1 aliphatic rings. The first-order valence-electron chi connectivity index (χ1n) is 8.98. The van der Waals surface area contributed by atoms with Crippen molar-refractivity contribution in [3.05, 3.63) is 102 Å². The van der Waals surface area contributed by atoms with Crippen LogP contribution in [0.3, 0.4) is 0 Å². The summed E-state index contributed by atoms with van der Waals surface area (Å²) in [4.78, 5) is 4.40. The van der Waals surface area contributed by atoms with Gasteiger partial charge in [-0.3, -0.25) is 0 Å². The Balaban J connectivity index is 2.42. The molecule has 0 saturated carbocycles. The summed E-state index contributed by atoms with van der Waals surface area (Å²) in [5, 5.41) is 3.54. The molecule has 0 aliphatic heterocycles. The number of aliphatic imine (C=N–C) groups is 1. The number of fused-ring (bicyclic) bond motifs is 1. The highest BCUT2D eigenvalue weighted by molar-refractivity contribution is 5.79. The maximum absolute atomic E-state index is 4.40. The molecule has 2 rings (SSSR count). The van der Waals surface area contributed by atoms with Gasteiger partial charge in [-0.05, 0) is 55.0 Å². The standard InChI is InChI=1S/C24H28N2/c1-6-11-19(17-18(5)8-3)20-13-10-14-22-21(20)15-16-23(22)26-24(12-7-2)25-9-4/h6-14,17,23,26H,1-3,15-16H2,4-5H3/b18-17-,19-11+,24-12+,25-9-. The highest BCUT2D eigenvalue weighted by Gasteiger charge is 2.25. The van der Waals surface area contributed by atoms with Gasteiger partial charge in [-0.1, -0.05) is 73.9 Å². The SMILES string of the molecule is C=C/C=C(\N=C/C)NC1CCc2c(C(/C=C(/C)C=C)=C/C=C)cccc21. The fourth-order valence-electron chi connectivity index (χ4n) is 3.28. The normalized spacial score (nSPS) is 17.9. The van der Waals surface area contributed by atoms with Gasteiger partial charge in [-0.15, -0.1) is 0 Å². The molecule has 0 spiro atoms. The molecule has 0 fully saturated rings. The third kappa shape index (κ3) is 4.60. The Kier molecular flexibility index (Phi) is 7.16. The van der Waals surface area contributed by atoms with E-state index in [1.165, 1.54) is 22.3 Å². The van der Waals surface area contributed by atoms with E-state index in [0.717, 1.165) is 24.2 Å². The second-order valence-electron chi connectivity index (χ2n) is 6.23. The Morgan fingerprint density at radius 2 is 1.96 bits per heavy atom. The van der Waals surface area contributed by atoms with Crippen molar-refractivity contribution >= 4 is 11.8 Å². The predicted molar refractivity (Wildman–Crippen MR) is 115 cm³/mol. The van der Waals surface area contributed by atoms with Crippen LogP contribution in [0.2, 0.25) is 0 Å². The Morgan fingerprint density at radius 1 is 1.19 bits per heavy atom. The Hall–Kier alpha value is -2.87. The molecule has 2 nitrogen and oxygen atoms in total. The molecule has 1 atom stereocenters. The smallest absolute Gasteiger partial charge is 0.125 e. The summed E-state index contributed by atoms with van der Waals surface area (Å²) < 4.78 is 0. The molecule has 1 unspecified atom stereocenters. The molecule has 2 heteroatoms. The van der Waals surface area contributed by atoms with Crippen LogP contribution in [0.4, 0.5) is 0 Å². The Labute approximate surface area is 157 Å². The summed E-state index contributed by atoms with van der Waals surface area (Å²) >= 11 is 0. The van der Waals surface area contributed by atoms with Crippen molar-refractivity contribution in [3.8, 4) is 0 Å². The van der Waals surface area contributed by atoms with Gasteiger partial charge in [0.1, 0.15) is 5.82 Å². The lowest BCUT2D eigenvalue weighted by molar-refractivity contribution is 0.589. The van der Waals surface area contributed by atoms with Gasteiger partial charge in [0.2, 0.25) is 0 Å².